The van der Waals surface area contributed by atoms with Crippen LogP contribution in [-0.2, 0) is 5.41 Å². The summed E-state index contributed by atoms with van der Waals surface area (Å²) in [6.45, 7) is 4.69. The molecule has 3 nitrogen and oxygen atoms in total. The van der Waals surface area contributed by atoms with Crippen LogP contribution >= 0.6 is 11.8 Å². The Hall–Kier alpha value is -7.27. The molecule has 0 spiro atoms. The average Bonchev–Trinajstić information content (AvgIpc) is 3.93. The normalized spacial score (nSPS) is 13.8. The van der Waals surface area contributed by atoms with Crippen LogP contribution < -0.4 is 4.90 Å². The zero-order valence-corrected chi connectivity index (χ0v) is 34.5. The van der Waals surface area contributed by atoms with Crippen molar-refractivity contribution in [3.8, 4) is 39.1 Å². The molecule has 0 bridgehead atoms. The van der Waals surface area contributed by atoms with Crippen molar-refractivity contribution >= 4 is 72.6 Å². The number of fused-ring (bicyclic) bond motifs is 11. The Morgan fingerprint density at radius 3 is 2.00 bits per heavy atom. The van der Waals surface area contributed by atoms with Crippen molar-refractivity contribution in [2.45, 2.75) is 29.1 Å². The number of rotatable bonds is 4. The standard InChI is InChI=1S/C57H38N2OS/c1-57(2)46-19-6-3-15-40(46)45-34-39(27-29-47(45)57)58-48-20-7-4-16-41(48)42-28-25-37(32-52(42)58)35-13-11-14-36(31-35)38-26-30-50-55(33-38)61-54-24-10-8-21-49(54)59(50)51-22-12-18-44-43-17-5-9-23-53(43)60-56(44)51/h3-34H,1-2H3. The van der Waals surface area contributed by atoms with Crippen molar-refractivity contribution in [2.75, 3.05) is 4.90 Å². The molecule has 9 aromatic carbocycles. The highest BCUT2D eigenvalue weighted by atomic mass is 32.2. The van der Waals surface area contributed by atoms with Crippen LogP contribution in [0.5, 0.6) is 0 Å². The van der Waals surface area contributed by atoms with E-state index in [1.807, 2.05) is 17.8 Å². The van der Waals surface area contributed by atoms with Gasteiger partial charge in [0, 0.05) is 42.4 Å². The lowest BCUT2D eigenvalue weighted by molar-refractivity contribution is 0.660. The van der Waals surface area contributed by atoms with E-state index >= 15 is 0 Å². The fourth-order valence-electron chi connectivity index (χ4n) is 10.3. The molecule has 0 fully saturated rings. The van der Waals surface area contributed by atoms with Gasteiger partial charge < -0.3 is 13.9 Å². The molecule has 1 aliphatic heterocycles. The first-order chi connectivity index (χ1) is 30.0. The summed E-state index contributed by atoms with van der Waals surface area (Å²) in [4.78, 5) is 4.80. The smallest absolute Gasteiger partial charge is 0.159 e. The van der Waals surface area contributed by atoms with Crippen molar-refractivity contribution in [3.63, 3.8) is 0 Å². The summed E-state index contributed by atoms with van der Waals surface area (Å²) in [6.07, 6.45) is 0. The molecule has 61 heavy (non-hydrogen) atoms. The second-order valence-corrected chi connectivity index (χ2v) is 18.0. The Morgan fingerprint density at radius 1 is 0.426 bits per heavy atom. The second kappa shape index (κ2) is 12.9. The summed E-state index contributed by atoms with van der Waals surface area (Å²) in [5, 5.41) is 4.78. The first-order valence-corrected chi connectivity index (χ1v) is 21.8. The molecule has 13 rings (SSSR count). The van der Waals surface area contributed by atoms with Gasteiger partial charge in [-0.25, -0.2) is 0 Å². The Morgan fingerprint density at radius 2 is 1.08 bits per heavy atom. The van der Waals surface area contributed by atoms with E-state index in [0.717, 1.165) is 39.0 Å². The van der Waals surface area contributed by atoms with Crippen LogP contribution in [0.25, 0.3) is 82.8 Å². The third-order valence-electron chi connectivity index (χ3n) is 13.2. The maximum absolute atomic E-state index is 6.58. The van der Waals surface area contributed by atoms with Gasteiger partial charge in [-0.05, 0) is 111 Å². The minimum atomic E-state index is -0.0335. The molecule has 1 aliphatic carbocycles. The van der Waals surface area contributed by atoms with Crippen molar-refractivity contribution < 1.29 is 4.42 Å². The summed E-state index contributed by atoms with van der Waals surface area (Å²) in [6, 6.07) is 71.2. The highest BCUT2D eigenvalue weighted by Gasteiger charge is 2.35. The Bertz CT molecular complexity index is 3630. The molecule has 288 valence electrons. The summed E-state index contributed by atoms with van der Waals surface area (Å²) < 4.78 is 9.04. The summed E-state index contributed by atoms with van der Waals surface area (Å²) in [7, 11) is 0. The lowest BCUT2D eigenvalue weighted by Gasteiger charge is -2.33. The van der Waals surface area contributed by atoms with E-state index in [-0.39, 0.29) is 5.41 Å². The maximum Gasteiger partial charge on any atom is 0.159 e. The van der Waals surface area contributed by atoms with Crippen LogP contribution in [0.1, 0.15) is 25.0 Å². The Labute approximate surface area is 358 Å². The van der Waals surface area contributed by atoms with Gasteiger partial charge in [-0.1, -0.05) is 153 Å². The Balaban J connectivity index is 0.916. The number of benzene rings is 9. The Kier molecular flexibility index (Phi) is 7.29. The maximum atomic E-state index is 6.58. The fourth-order valence-corrected chi connectivity index (χ4v) is 11.4. The van der Waals surface area contributed by atoms with E-state index in [1.165, 1.54) is 81.8 Å². The largest absolute Gasteiger partial charge is 0.454 e. The van der Waals surface area contributed by atoms with Crippen LogP contribution in [0.4, 0.5) is 17.1 Å². The quantitative estimate of drug-likeness (QED) is 0.177. The summed E-state index contributed by atoms with van der Waals surface area (Å²) >= 11 is 1.83. The average molecular weight is 799 g/mol. The van der Waals surface area contributed by atoms with Crippen LogP contribution in [-0.4, -0.2) is 4.57 Å². The minimum absolute atomic E-state index is 0.0335. The molecule has 2 aromatic heterocycles. The van der Waals surface area contributed by atoms with E-state index < -0.39 is 0 Å². The lowest BCUT2D eigenvalue weighted by Crippen LogP contribution is -2.15. The van der Waals surface area contributed by atoms with Gasteiger partial charge >= 0.3 is 0 Å². The molecule has 3 heterocycles. The van der Waals surface area contributed by atoms with Gasteiger partial charge in [-0.15, -0.1) is 0 Å². The van der Waals surface area contributed by atoms with Gasteiger partial charge in [0.2, 0.25) is 0 Å². The predicted molar refractivity (Wildman–Crippen MR) is 255 cm³/mol. The lowest BCUT2D eigenvalue weighted by atomic mass is 9.82. The van der Waals surface area contributed by atoms with Gasteiger partial charge in [0.15, 0.2) is 5.58 Å². The zero-order chi connectivity index (χ0) is 40.4. The van der Waals surface area contributed by atoms with Crippen LogP contribution in [0, 0.1) is 0 Å². The zero-order valence-electron chi connectivity index (χ0n) is 33.7. The molecular weight excluding hydrogens is 761 g/mol. The molecule has 0 saturated heterocycles. The number of aromatic nitrogens is 1. The molecule has 0 atom stereocenters. The van der Waals surface area contributed by atoms with E-state index in [0.29, 0.717) is 0 Å². The number of hydrogen-bond donors (Lipinski definition) is 0. The van der Waals surface area contributed by atoms with Crippen LogP contribution in [0.15, 0.2) is 208 Å². The number of furan rings is 1. The number of hydrogen-bond acceptors (Lipinski definition) is 3. The topological polar surface area (TPSA) is 21.3 Å². The van der Waals surface area contributed by atoms with Crippen LogP contribution in [0.2, 0.25) is 0 Å². The molecular formula is C57H38N2OS. The summed E-state index contributed by atoms with van der Waals surface area (Å²) in [5.41, 5.74) is 18.9. The molecule has 4 heteroatoms. The SMILES string of the molecule is CC1(C)c2ccccc2-c2cc(-n3c4ccccc4c4ccc(-c5cccc(-c6ccc7c(c6)Sc6ccccc6N7c6cccc7c6oc6ccccc67)c5)cc43)ccc21. The molecule has 0 unspecified atom stereocenters. The van der Waals surface area contributed by atoms with Crippen molar-refractivity contribution in [2.24, 2.45) is 0 Å². The van der Waals surface area contributed by atoms with E-state index in [1.54, 1.807) is 0 Å². The van der Waals surface area contributed by atoms with Crippen molar-refractivity contribution in [1.82, 2.24) is 4.57 Å². The summed E-state index contributed by atoms with van der Waals surface area (Å²) in [5.74, 6) is 0. The van der Waals surface area contributed by atoms with E-state index in [9.17, 15) is 0 Å². The van der Waals surface area contributed by atoms with Gasteiger partial charge in [0.25, 0.3) is 0 Å². The van der Waals surface area contributed by atoms with Gasteiger partial charge in [0.05, 0.1) is 28.1 Å². The number of nitrogens with zero attached hydrogens (tertiary/aromatic N) is 2. The third kappa shape index (κ3) is 5.06. The monoisotopic (exact) mass is 798 g/mol. The van der Waals surface area contributed by atoms with Crippen molar-refractivity contribution in [3.05, 3.63) is 205 Å². The first kappa shape index (κ1) is 34.6. The molecule has 0 amide bonds. The van der Waals surface area contributed by atoms with E-state index in [4.69, 9.17) is 4.42 Å². The predicted octanol–water partition coefficient (Wildman–Crippen LogP) is 16.3. The first-order valence-electron chi connectivity index (χ1n) is 21.0. The molecule has 0 radical (unpaired) electrons. The molecule has 11 aromatic rings. The number of para-hydroxylation sites is 4. The van der Waals surface area contributed by atoms with E-state index in [2.05, 4.69) is 211 Å². The van der Waals surface area contributed by atoms with Gasteiger partial charge in [0.1, 0.15) is 5.58 Å². The number of anilines is 3. The molecule has 0 N–H and O–H groups in total. The fraction of sp³-hybridized carbons (Fsp3) is 0.0526. The second-order valence-electron chi connectivity index (χ2n) is 16.9. The van der Waals surface area contributed by atoms with Crippen LogP contribution in [0.3, 0.4) is 0 Å². The molecule has 0 saturated carbocycles. The van der Waals surface area contributed by atoms with Crippen molar-refractivity contribution in [1.29, 1.82) is 0 Å². The highest BCUT2D eigenvalue weighted by Crippen LogP contribution is 2.54. The minimum Gasteiger partial charge on any atom is -0.454 e. The molecule has 2 aliphatic rings. The van der Waals surface area contributed by atoms with Gasteiger partial charge in [-0.3, -0.25) is 0 Å². The third-order valence-corrected chi connectivity index (χ3v) is 14.3. The van der Waals surface area contributed by atoms with Gasteiger partial charge in [-0.2, -0.15) is 0 Å². The highest BCUT2D eigenvalue weighted by molar-refractivity contribution is 7.99.